The van der Waals surface area contributed by atoms with E-state index in [-0.39, 0.29) is 5.78 Å². The SMILES string of the molecule is Cc1nc2c(c(C)c1C)CCCC2=O. The molecular formula is C12H15NO. The molecule has 1 aromatic heterocycles. The molecule has 0 unspecified atom stereocenters. The molecule has 0 aromatic carbocycles. The molecule has 1 heterocycles. The third kappa shape index (κ3) is 1.26. The molecule has 1 aliphatic rings. The lowest BCUT2D eigenvalue weighted by Crippen LogP contribution is -2.16. The van der Waals surface area contributed by atoms with Crippen LogP contribution in [0.5, 0.6) is 0 Å². The molecule has 0 radical (unpaired) electrons. The van der Waals surface area contributed by atoms with Crippen LogP contribution in [0.25, 0.3) is 0 Å². The fraction of sp³-hybridized carbons (Fsp3) is 0.500. The highest BCUT2D eigenvalue weighted by Crippen LogP contribution is 2.25. The van der Waals surface area contributed by atoms with Gasteiger partial charge in [-0.15, -0.1) is 0 Å². The van der Waals surface area contributed by atoms with Crippen LogP contribution >= 0.6 is 0 Å². The van der Waals surface area contributed by atoms with Crippen molar-refractivity contribution < 1.29 is 4.79 Å². The molecule has 2 heteroatoms. The highest BCUT2D eigenvalue weighted by Gasteiger charge is 2.21. The summed E-state index contributed by atoms with van der Waals surface area (Å²) in [5.74, 6) is 0.220. The fourth-order valence-corrected chi connectivity index (χ4v) is 2.07. The van der Waals surface area contributed by atoms with Gasteiger partial charge in [-0.25, -0.2) is 4.98 Å². The summed E-state index contributed by atoms with van der Waals surface area (Å²) in [5, 5.41) is 0. The Morgan fingerprint density at radius 3 is 2.50 bits per heavy atom. The molecule has 2 rings (SSSR count). The van der Waals surface area contributed by atoms with Crippen molar-refractivity contribution in [3.8, 4) is 0 Å². The van der Waals surface area contributed by atoms with Gasteiger partial charge in [0.05, 0.1) is 0 Å². The van der Waals surface area contributed by atoms with Gasteiger partial charge in [-0.1, -0.05) is 0 Å². The van der Waals surface area contributed by atoms with Gasteiger partial charge in [0, 0.05) is 12.1 Å². The average Bonchev–Trinajstić information content (AvgIpc) is 2.17. The van der Waals surface area contributed by atoms with E-state index in [1.165, 1.54) is 16.7 Å². The lowest BCUT2D eigenvalue weighted by Gasteiger charge is -2.18. The number of Topliss-reactive ketones (excluding diaryl/α,β-unsaturated/α-hetero) is 1. The Kier molecular flexibility index (Phi) is 2.14. The van der Waals surface area contributed by atoms with E-state index in [4.69, 9.17) is 0 Å². The van der Waals surface area contributed by atoms with E-state index in [2.05, 4.69) is 18.8 Å². The summed E-state index contributed by atoms with van der Waals surface area (Å²) >= 11 is 0. The molecule has 1 aromatic rings. The maximum atomic E-state index is 11.6. The van der Waals surface area contributed by atoms with Gasteiger partial charge in [-0.3, -0.25) is 4.79 Å². The van der Waals surface area contributed by atoms with E-state index in [1.807, 2.05) is 6.92 Å². The minimum Gasteiger partial charge on any atom is -0.292 e. The van der Waals surface area contributed by atoms with Crippen LogP contribution in [0.2, 0.25) is 0 Å². The number of fused-ring (bicyclic) bond motifs is 1. The number of rotatable bonds is 0. The first-order valence-corrected chi connectivity index (χ1v) is 5.11. The smallest absolute Gasteiger partial charge is 0.181 e. The Balaban J connectivity index is 2.69. The summed E-state index contributed by atoms with van der Waals surface area (Å²) in [6.07, 6.45) is 2.67. The number of ketones is 1. The monoisotopic (exact) mass is 189 g/mol. The van der Waals surface area contributed by atoms with Crippen LogP contribution in [-0.4, -0.2) is 10.8 Å². The van der Waals surface area contributed by atoms with E-state index in [1.54, 1.807) is 0 Å². The molecule has 0 saturated carbocycles. The molecule has 0 N–H and O–H groups in total. The third-order valence-electron chi connectivity index (χ3n) is 3.22. The first-order valence-electron chi connectivity index (χ1n) is 5.11. The lowest BCUT2D eigenvalue weighted by atomic mass is 9.89. The molecule has 1 aliphatic carbocycles. The zero-order chi connectivity index (χ0) is 10.3. The summed E-state index contributed by atoms with van der Waals surface area (Å²) in [4.78, 5) is 16.0. The summed E-state index contributed by atoms with van der Waals surface area (Å²) in [7, 11) is 0. The molecule has 14 heavy (non-hydrogen) atoms. The van der Waals surface area contributed by atoms with Crippen molar-refractivity contribution in [3.05, 3.63) is 28.1 Å². The largest absolute Gasteiger partial charge is 0.292 e. The summed E-state index contributed by atoms with van der Waals surface area (Å²) in [5.41, 5.74) is 5.41. The lowest BCUT2D eigenvalue weighted by molar-refractivity contribution is 0.0966. The normalized spacial score (nSPS) is 15.5. The number of carbonyl (C=O) groups excluding carboxylic acids is 1. The van der Waals surface area contributed by atoms with Gasteiger partial charge in [0.2, 0.25) is 0 Å². The zero-order valence-corrected chi connectivity index (χ0v) is 8.98. The minimum atomic E-state index is 0.220. The second kappa shape index (κ2) is 3.19. The van der Waals surface area contributed by atoms with E-state index in [9.17, 15) is 4.79 Å². The fourth-order valence-electron chi connectivity index (χ4n) is 2.07. The number of aryl methyl sites for hydroxylation is 1. The second-order valence-corrected chi connectivity index (χ2v) is 4.05. The first kappa shape index (κ1) is 9.38. The van der Waals surface area contributed by atoms with Crippen LogP contribution < -0.4 is 0 Å². The molecule has 0 amide bonds. The highest BCUT2D eigenvalue weighted by atomic mass is 16.1. The Morgan fingerprint density at radius 1 is 1.07 bits per heavy atom. The van der Waals surface area contributed by atoms with Crippen molar-refractivity contribution in [2.24, 2.45) is 0 Å². The van der Waals surface area contributed by atoms with Crippen LogP contribution in [0.15, 0.2) is 0 Å². The Bertz CT molecular complexity index is 407. The standard InChI is InChI=1S/C12H15NO/c1-7-8(2)10-5-4-6-11(14)12(10)13-9(7)3/h4-6H2,1-3H3. The topological polar surface area (TPSA) is 30.0 Å². The quantitative estimate of drug-likeness (QED) is 0.627. The van der Waals surface area contributed by atoms with Crippen molar-refractivity contribution in [1.29, 1.82) is 0 Å². The Hall–Kier alpha value is -1.18. The van der Waals surface area contributed by atoms with Gasteiger partial charge in [0.1, 0.15) is 5.69 Å². The van der Waals surface area contributed by atoms with Crippen LogP contribution in [0.3, 0.4) is 0 Å². The van der Waals surface area contributed by atoms with Gasteiger partial charge in [0.15, 0.2) is 5.78 Å². The average molecular weight is 189 g/mol. The molecule has 0 atom stereocenters. The van der Waals surface area contributed by atoms with Crippen molar-refractivity contribution in [1.82, 2.24) is 4.98 Å². The van der Waals surface area contributed by atoms with Crippen molar-refractivity contribution in [3.63, 3.8) is 0 Å². The molecule has 0 bridgehead atoms. The molecule has 74 valence electrons. The second-order valence-electron chi connectivity index (χ2n) is 4.05. The van der Waals surface area contributed by atoms with Gasteiger partial charge >= 0.3 is 0 Å². The van der Waals surface area contributed by atoms with Crippen LogP contribution in [-0.2, 0) is 6.42 Å². The van der Waals surface area contributed by atoms with Gasteiger partial charge in [-0.2, -0.15) is 0 Å². The van der Waals surface area contributed by atoms with E-state index in [0.29, 0.717) is 6.42 Å². The van der Waals surface area contributed by atoms with Gasteiger partial charge in [-0.05, 0) is 50.3 Å². The minimum absolute atomic E-state index is 0.220. The molecular weight excluding hydrogens is 174 g/mol. The van der Waals surface area contributed by atoms with Crippen LogP contribution in [0.1, 0.15) is 45.7 Å². The van der Waals surface area contributed by atoms with Gasteiger partial charge < -0.3 is 0 Å². The number of aromatic nitrogens is 1. The number of nitrogens with zero attached hydrogens (tertiary/aromatic N) is 1. The van der Waals surface area contributed by atoms with E-state index >= 15 is 0 Å². The first-order chi connectivity index (χ1) is 6.61. The van der Waals surface area contributed by atoms with E-state index in [0.717, 1.165) is 24.2 Å². The predicted octanol–water partition coefficient (Wildman–Crippen LogP) is 2.53. The van der Waals surface area contributed by atoms with Crippen LogP contribution in [0, 0.1) is 20.8 Å². The van der Waals surface area contributed by atoms with E-state index < -0.39 is 0 Å². The highest BCUT2D eigenvalue weighted by molar-refractivity contribution is 5.97. The summed E-state index contributed by atoms with van der Waals surface area (Å²) < 4.78 is 0. The zero-order valence-electron chi connectivity index (χ0n) is 8.98. The van der Waals surface area contributed by atoms with Gasteiger partial charge in [0.25, 0.3) is 0 Å². The number of carbonyl (C=O) groups is 1. The molecule has 0 fully saturated rings. The number of hydrogen-bond acceptors (Lipinski definition) is 2. The van der Waals surface area contributed by atoms with Crippen molar-refractivity contribution in [2.45, 2.75) is 40.0 Å². The molecule has 2 nitrogen and oxygen atoms in total. The third-order valence-corrected chi connectivity index (χ3v) is 3.22. The Morgan fingerprint density at radius 2 is 1.79 bits per heavy atom. The molecule has 0 spiro atoms. The molecule has 0 saturated heterocycles. The predicted molar refractivity (Wildman–Crippen MR) is 55.7 cm³/mol. The maximum absolute atomic E-state index is 11.6. The summed E-state index contributed by atoms with van der Waals surface area (Å²) in [6.45, 7) is 6.16. The number of pyridine rings is 1. The molecule has 0 aliphatic heterocycles. The number of hydrogen-bond donors (Lipinski definition) is 0. The van der Waals surface area contributed by atoms with Crippen molar-refractivity contribution in [2.75, 3.05) is 0 Å². The Labute approximate surface area is 84.4 Å². The van der Waals surface area contributed by atoms with Crippen molar-refractivity contribution >= 4 is 5.78 Å². The summed E-state index contributed by atoms with van der Waals surface area (Å²) in [6, 6.07) is 0. The van der Waals surface area contributed by atoms with Crippen LogP contribution in [0.4, 0.5) is 0 Å². The maximum Gasteiger partial charge on any atom is 0.181 e.